The molecule has 0 aliphatic carbocycles. The summed E-state index contributed by atoms with van der Waals surface area (Å²) < 4.78 is 29.0. The number of rotatable bonds is 5. The number of hydrogen-bond acceptors (Lipinski definition) is 4. The maximum Gasteiger partial charge on any atom is 0.222 e. The van der Waals surface area contributed by atoms with Gasteiger partial charge in [-0.2, -0.15) is 0 Å². The Kier molecular flexibility index (Phi) is 5.17. The minimum atomic E-state index is -3.14. The number of sulfonamides is 1. The molecule has 1 aliphatic heterocycles. The number of morpholine rings is 1. The van der Waals surface area contributed by atoms with E-state index in [-0.39, 0.29) is 5.91 Å². The standard InChI is InChI=1S/C9H18N2O4S/c1-16(13,14)10-4-2-3-9(12)11-5-7-15-8-6-11/h10H,2-8H2,1H3. The second-order valence-corrected chi connectivity index (χ2v) is 5.60. The van der Waals surface area contributed by atoms with Crippen LogP contribution in [-0.4, -0.2) is 58.3 Å². The van der Waals surface area contributed by atoms with E-state index in [0.717, 1.165) is 6.26 Å². The molecular weight excluding hydrogens is 232 g/mol. The van der Waals surface area contributed by atoms with E-state index in [9.17, 15) is 13.2 Å². The van der Waals surface area contributed by atoms with Crippen molar-refractivity contribution in [2.45, 2.75) is 12.8 Å². The molecular formula is C9H18N2O4S. The molecule has 94 valence electrons. The minimum Gasteiger partial charge on any atom is -0.378 e. The lowest BCUT2D eigenvalue weighted by atomic mass is 10.2. The smallest absolute Gasteiger partial charge is 0.222 e. The van der Waals surface area contributed by atoms with Gasteiger partial charge < -0.3 is 9.64 Å². The molecule has 0 spiro atoms. The Balaban J connectivity index is 2.14. The van der Waals surface area contributed by atoms with Gasteiger partial charge in [-0.1, -0.05) is 0 Å². The van der Waals surface area contributed by atoms with Crippen molar-refractivity contribution in [1.82, 2.24) is 9.62 Å². The van der Waals surface area contributed by atoms with Gasteiger partial charge >= 0.3 is 0 Å². The summed E-state index contributed by atoms with van der Waals surface area (Å²) in [6, 6.07) is 0. The van der Waals surface area contributed by atoms with Crippen molar-refractivity contribution in [3.05, 3.63) is 0 Å². The molecule has 0 radical (unpaired) electrons. The van der Waals surface area contributed by atoms with Crippen molar-refractivity contribution in [2.24, 2.45) is 0 Å². The van der Waals surface area contributed by atoms with Crippen LogP contribution in [0, 0.1) is 0 Å². The number of nitrogens with one attached hydrogen (secondary N) is 1. The summed E-state index contributed by atoms with van der Waals surface area (Å²) in [6.07, 6.45) is 2.02. The second-order valence-electron chi connectivity index (χ2n) is 3.76. The first-order chi connectivity index (χ1) is 7.49. The van der Waals surface area contributed by atoms with Gasteiger partial charge in [0.25, 0.3) is 0 Å². The average molecular weight is 250 g/mol. The Bertz CT molecular complexity index is 322. The van der Waals surface area contributed by atoms with Crippen molar-refractivity contribution in [2.75, 3.05) is 39.1 Å². The van der Waals surface area contributed by atoms with Crippen LogP contribution in [0.4, 0.5) is 0 Å². The first-order valence-corrected chi connectivity index (χ1v) is 7.18. The van der Waals surface area contributed by atoms with Gasteiger partial charge in [-0.05, 0) is 6.42 Å². The molecule has 1 heterocycles. The highest BCUT2D eigenvalue weighted by molar-refractivity contribution is 7.88. The summed E-state index contributed by atoms with van der Waals surface area (Å²) in [6.45, 7) is 2.77. The zero-order valence-electron chi connectivity index (χ0n) is 9.44. The summed E-state index contributed by atoms with van der Waals surface area (Å²) in [7, 11) is -3.14. The highest BCUT2D eigenvalue weighted by Gasteiger charge is 2.15. The molecule has 0 aromatic carbocycles. The van der Waals surface area contributed by atoms with Crippen LogP contribution in [-0.2, 0) is 19.6 Å². The summed E-state index contributed by atoms with van der Waals surface area (Å²) in [5.74, 6) is 0.0681. The normalized spacial score (nSPS) is 17.4. The number of carbonyl (C=O) groups excluding carboxylic acids is 1. The van der Waals surface area contributed by atoms with Crippen LogP contribution in [0.3, 0.4) is 0 Å². The van der Waals surface area contributed by atoms with Crippen LogP contribution in [0.15, 0.2) is 0 Å². The summed E-state index contributed by atoms with van der Waals surface area (Å²) in [4.78, 5) is 13.4. The number of carbonyl (C=O) groups is 1. The van der Waals surface area contributed by atoms with Gasteiger partial charge in [0.2, 0.25) is 15.9 Å². The largest absolute Gasteiger partial charge is 0.378 e. The molecule has 0 bridgehead atoms. The van der Waals surface area contributed by atoms with Gasteiger partial charge in [-0.25, -0.2) is 13.1 Å². The zero-order valence-corrected chi connectivity index (χ0v) is 10.3. The SMILES string of the molecule is CS(=O)(=O)NCCCC(=O)N1CCOCC1. The first kappa shape index (κ1) is 13.4. The first-order valence-electron chi connectivity index (χ1n) is 5.29. The highest BCUT2D eigenvalue weighted by Crippen LogP contribution is 2.01. The predicted molar refractivity (Wildman–Crippen MR) is 59.5 cm³/mol. The zero-order chi connectivity index (χ0) is 12.0. The molecule has 0 saturated carbocycles. The van der Waals surface area contributed by atoms with E-state index in [4.69, 9.17) is 4.74 Å². The molecule has 1 aliphatic rings. The lowest BCUT2D eigenvalue weighted by molar-refractivity contribution is -0.135. The van der Waals surface area contributed by atoms with E-state index in [1.165, 1.54) is 0 Å². The van der Waals surface area contributed by atoms with E-state index in [1.807, 2.05) is 0 Å². The predicted octanol–water partition coefficient (Wildman–Crippen LogP) is -0.825. The second kappa shape index (κ2) is 6.17. The molecule has 1 rings (SSSR count). The van der Waals surface area contributed by atoms with Gasteiger partial charge in [-0.3, -0.25) is 4.79 Å². The topological polar surface area (TPSA) is 75.7 Å². The van der Waals surface area contributed by atoms with Gasteiger partial charge in [0.05, 0.1) is 19.5 Å². The highest BCUT2D eigenvalue weighted by atomic mass is 32.2. The van der Waals surface area contributed by atoms with E-state index in [0.29, 0.717) is 45.7 Å². The van der Waals surface area contributed by atoms with Crippen LogP contribution in [0.1, 0.15) is 12.8 Å². The van der Waals surface area contributed by atoms with Gasteiger partial charge in [0, 0.05) is 26.1 Å². The van der Waals surface area contributed by atoms with Crippen LogP contribution in [0.25, 0.3) is 0 Å². The molecule has 7 heteroatoms. The fourth-order valence-corrected chi connectivity index (χ4v) is 1.98. The molecule has 6 nitrogen and oxygen atoms in total. The fourth-order valence-electron chi connectivity index (χ4n) is 1.47. The van der Waals surface area contributed by atoms with Crippen molar-refractivity contribution < 1.29 is 17.9 Å². The van der Waals surface area contributed by atoms with Crippen molar-refractivity contribution in [3.8, 4) is 0 Å². The Morgan fingerprint density at radius 1 is 1.38 bits per heavy atom. The molecule has 1 saturated heterocycles. The lowest BCUT2D eigenvalue weighted by Gasteiger charge is -2.26. The number of amides is 1. The van der Waals surface area contributed by atoms with Crippen molar-refractivity contribution in [3.63, 3.8) is 0 Å². The average Bonchev–Trinajstić information content (AvgIpc) is 2.24. The van der Waals surface area contributed by atoms with Crippen LogP contribution in [0.5, 0.6) is 0 Å². The molecule has 0 atom stereocenters. The Morgan fingerprint density at radius 2 is 2.00 bits per heavy atom. The Labute approximate surface area is 96.0 Å². The van der Waals surface area contributed by atoms with E-state index in [1.54, 1.807) is 4.90 Å². The van der Waals surface area contributed by atoms with Gasteiger partial charge in [0.15, 0.2) is 0 Å². The summed E-state index contributed by atoms with van der Waals surface area (Å²) in [5, 5.41) is 0. The third-order valence-corrected chi connectivity index (χ3v) is 3.02. The fraction of sp³-hybridized carbons (Fsp3) is 0.889. The molecule has 1 N–H and O–H groups in total. The third kappa shape index (κ3) is 5.43. The van der Waals surface area contributed by atoms with Gasteiger partial charge in [0.1, 0.15) is 0 Å². The molecule has 1 fully saturated rings. The molecule has 16 heavy (non-hydrogen) atoms. The molecule has 0 aromatic rings. The van der Waals surface area contributed by atoms with Crippen LogP contribution in [0.2, 0.25) is 0 Å². The number of ether oxygens (including phenoxy) is 1. The maximum atomic E-state index is 11.6. The third-order valence-electron chi connectivity index (χ3n) is 2.30. The van der Waals surface area contributed by atoms with Crippen molar-refractivity contribution >= 4 is 15.9 Å². The summed E-state index contributed by atoms with van der Waals surface area (Å²) >= 11 is 0. The monoisotopic (exact) mass is 250 g/mol. The Morgan fingerprint density at radius 3 is 2.56 bits per heavy atom. The van der Waals surface area contributed by atoms with Crippen LogP contribution < -0.4 is 4.72 Å². The number of nitrogens with zero attached hydrogens (tertiary/aromatic N) is 1. The van der Waals surface area contributed by atoms with Crippen LogP contribution >= 0.6 is 0 Å². The maximum absolute atomic E-state index is 11.6. The minimum absolute atomic E-state index is 0.0681. The molecule has 1 amide bonds. The molecule has 0 aromatic heterocycles. The number of hydrogen-bond donors (Lipinski definition) is 1. The van der Waals surface area contributed by atoms with Crippen molar-refractivity contribution in [1.29, 1.82) is 0 Å². The lowest BCUT2D eigenvalue weighted by Crippen LogP contribution is -2.40. The summed E-state index contributed by atoms with van der Waals surface area (Å²) in [5.41, 5.74) is 0. The quantitative estimate of drug-likeness (QED) is 0.647. The van der Waals surface area contributed by atoms with E-state index < -0.39 is 10.0 Å². The van der Waals surface area contributed by atoms with Gasteiger partial charge in [-0.15, -0.1) is 0 Å². The molecule has 0 unspecified atom stereocenters. The Hall–Kier alpha value is -0.660. The van der Waals surface area contributed by atoms with E-state index >= 15 is 0 Å². The van der Waals surface area contributed by atoms with E-state index in [2.05, 4.69) is 4.72 Å².